The fourth-order valence-electron chi connectivity index (χ4n) is 5.95. The normalized spacial score (nSPS) is 11.3. The zero-order valence-electron chi connectivity index (χ0n) is 23.4. The van der Waals surface area contributed by atoms with Crippen molar-refractivity contribution in [3.63, 3.8) is 0 Å². The first-order chi connectivity index (χ1) is 21.3. The number of aromatic nitrogens is 3. The van der Waals surface area contributed by atoms with Gasteiger partial charge in [-0.2, -0.15) is 0 Å². The van der Waals surface area contributed by atoms with Crippen molar-refractivity contribution in [2.75, 3.05) is 0 Å². The molecule has 0 saturated carbocycles. The van der Waals surface area contributed by atoms with Gasteiger partial charge in [-0.1, -0.05) is 127 Å². The zero-order chi connectivity index (χ0) is 28.6. The molecule has 6 aromatic carbocycles. The molecule has 8 rings (SSSR count). The summed E-state index contributed by atoms with van der Waals surface area (Å²) in [6.07, 6.45) is 0. The van der Waals surface area contributed by atoms with E-state index in [2.05, 4.69) is 156 Å². The molecule has 0 saturated heterocycles. The standard InChI is InChI=1S/C40H27N3/c1-3-13-28(14-4-1)30-17-11-18-31(25-30)37-27-36(29-15-5-2-6-16-29)41-40(42-37)32-19-12-20-33(26-32)43-38-23-9-7-21-34(38)35-22-8-10-24-39(35)43/h1-27H. The van der Waals surface area contributed by atoms with Crippen molar-refractivity contribution < 1.29 is 0 Å². The van der Waals surface area contributed by atoms with Crippen LogP contribution < -0.4 is 0 Å². The fraction of sp³-hybridized carbons (Fsp3) is 0. The quantitative estimate of drug-likeness (QED) is 0.214. The minimum absolute atomic E-state index is 0.698. The summed E-state index contributed by atoms with van der Waals surface area (Å²) in [7, 11) is 0. The highest BCUT2D eigenvalue weighted by molar-refractivity contribution is 6.09. The molecule has 2 aromatic heterocycles. The summed E-state index contributed by atoms with van der Waals surface area (Å²) in [5.74, 6) is 0.698. The van der Waals surface area contributed by atoms with Gasteiger partial charge in [-0.05, 0) is 47.5 Å². The van der Waals surface area contributed by atoms with Gasteiger partial charge in [0.05, 0.1) is 22.4 Å². The van der Waals surface area contributed by atoms with Crippen molar-refractivity contribution in [2.45, 2.75) is 0 Å². The van der Waals surface area contributed by atoms with E-state index in [9.17, 15) is 0 Å². The fourth-order valence-corrected chi connectivity index (χ4v) is 5.95. The van der Waals surface area contributed by atoms with Crippen LogP contribution in [0, 0.1) is 0 Å². The number of para-hydroxylation sites is 2. The SMILES string of the molecule is c1ccc(-c2cccc(-c3cc(-c4ccccc4)nc(-c4cccc(-n5c6ccccc6c6ccccc65)c4)n3)c2)cc1. The molecule has 0 amide bonds. The summed E-state index contributed by atoms with van der Waals surface area (Å²) < 4.78 is 2.33. The van der Waals surface area contributed by atoms with Crippen LogP contribution in [0.5, 0.6) is 0 Å². The van der Waals surface area contributed by atoms with Crippen molar-refractivity contribution in [2.24, 2.45) is 0 Å². The monoisotopic (exact) mass is 549 g/mol. The molecule has 0 N–H and O–H groups in total. The molecule has 0 atom stereocenters. The van der Waals surface area contributed by atoms with E-state index in [1.807, 2.05) is 12.1 Å². The molecule has 0 aliphatic carbocycles. The largest absolute Gasteiger partial charge is 0.309 e. The zero-order valence-corrected chi connectivity index (χ0v) is 23.4. The Morgan fingerprint density at radius 1 is 0.349 bits per heavy atom. The Bertz CT molecular complexity index is 2180. The lowest BCUT2D eigenvalue weighted by atomic mass is 10.0. The number of hydrogen-bond acceptors (Lipinski definition) is 2. The summed E-state index contributed by atoms with van der Waals surface area (Å²) >= 11 is 0. The van der Waals surface area contributed by atoms with Crippen LogP contribution in [0.15, 0.2) is 164 Å². The van der Waals surface area contributed by atoms with Gasteiger partial charge in [-0.25, -0.2) is 9.97 Å². The van der Waals surface area contributed by atoms with Crippen molar-refractivity contribution >= 4 is 21.8 Å². The highest BCUT2D eigenvalue weighted by atomic mass is 15.0. The molecule has 3 heteroatoms. The molecule has 0 radical (unpaired) electrons. The highest BCUT2D eigenvalue weighted by Crippen LogP contribution is 2.34. The Morgan fingerprint density at radius 2 is 0.860 bits per heavy atom. The molecule has 43 heavy (non-hydrogen) atoms. The van der Waals surface area contributed by atoms with Crippen molar-refractivity contribution in [3.05, 3.63) is 164 Å². The number of nitrogens with zero attached hydrogens (tertiary/aromatic N) is 3. The van der Waals surface area contributed by atoms with E-state index in [4.69, 9.17) is 9.97 Å². The molecule has 0 unspecified atom stereocenters. The summed E-state index contributed by atoms with van der Waals surface area (Å²) in [4.78, 5) is 10.3. The van der Waals surface area contributed by atoms with Crippen LogP contribution in [0.4, 0.5) is 0 Å². The number of rotatable bonds is 5. The molecule has 0 aliphatic rings. The number of hydrogen-bond donors (Lipinski definition) is 0. The molecule has 202 valence electrons. The predicted octanol–water partition coefficient (Wildman–Crippen LogP) is 10.2. The second kappa shape index (κ2) is 10.6. The lowest BCUT2D eigenvalue weighted by Crippen LogP contribution is -1.98. The van der Waals surface area contributed by atoms with Crippen LogP contribution in [0.3, 0.4) is 0 Å². The van der Waals surface area contributed by atoms with Crippen molar-refractivity contribution in [1.82, 2.24) is 14.5 Å². The van der Waals surface area contributed by atoms with Gasteiger partial charge >= 0.3 is 0 Å². The van der Waals surface area contributed by atoms with Crippen LogP contribution in [0.1, 0.15) is 0 Å². The maximum Gasteiger partial charge on any atom is 0.160 e. The van der Waals surface area contributed by atoms with Crippen LogP contribution in [-0.2, 0) is 0 Å². The van der Waals surface area contributed by atoms with Gasteiger partial charge in [0.25, 0.3) is 0 Å². The van der Waals surface area contributed by atoms with E-state index in [0.29, 0.717) is 5.82 Å². The second-order valence-corrected chi connectivity index (χ2v) is 10.7. The predicted molar refractivity (Wildman–Crippen MR) is 178 cm³/mol. The van der Waals surface area contributed by atoms with E-state index in [1.54, 1.807) is 0 Å². The Hall–Kier alpha value is -5.80. The van der Waals surface area contributed by atoms with E-state index in [1.165, 1.54) is 27.4 Å². The maximum absolute atomic E-state index is 5.16. The smallest absolute Gasteiger partial charge is 0.160 e. The van der Waals surface area contributed by atoms with Gasteiger partial charge in [-0.15, -0.1) is 0 Å². The summed E-state index contributed by atoms with van der Waals surface area (Å²) in [5, 5.41) is 2.48. The molecular formula is C40H27N3. The third-order valence-electron chi connectivity index (χ3n) is 8.00. The summed E-state index contributed by atoms with van der Waals surface area (Å²) in [5.41, 5.74) is 10.7. The van der Waals surface area contributed by atoms with E-state index in [-0.39, 0.29) is 0 Å². The molecular weight excluding hydrogens is 522 g/mol. The van der Waals surface area contributed by atoms with Crippen molar-refractivity contribution in [1.29, 1.82) is 0 Å². The molecule has 3 nitrogen and oxygen atoms in total. The molecule has 2 heterocycles. The molecule has 0 spiro atoms. The van der Waals surface area contributed by atoms with Crippen LogP contribution in [0.25, 0.3) is 72.5 Å². The van der Waals surface area contributed by atoms with Gasteiger partial charge in [0.15, 0.2) is 5.82 Å². The van der Waals surface area contributed by atoms with Gasteiger partial charge in [-0.3, -0.25) is 0 Å². The lowest BCUT2D eigenvalue weighted by molar-refractivity contribution is 1.16. The molecule has 0 aliphatic heterocycles. The highest BCUT2D eigenvalue weighted by Gasteiger charge is 2.15. The van der Waals surface area contributed by atoms with Crippen LogP contribution in [0.2, 0.25) is 0 Å². The second-order valence-electron chi connectivity index (χ2n) is 10.7. The Labute approximate surface area is 250 Å². The van der Waals surface area contributed by atoms with Gasteiger partial charge in [0.1, 0.15) is 0 Å². The van der Waals surface area contributed by atoms with Gasteiger partial charge in [0, 0.05) is 33.2 Å². The Kier molecular flexibility index (Phi) is 6.12. The number of fused-ring (bicyclic) bond motifs is 3. The topological polar surface area (TPSA) is 30.7 Å². The third-order valence-corrected chi connectivity index (χ3v) is 8.00. The van der Waals surface area contributed by atoms with E-state index >= 15 is 0 Å². The Balaban J connectivity index is 1.30. The first-order valence-corrected chi connectivity index (χ1v) is 14.5. The average Bonchev–Trinajstić information content (AvgIpc) is 3.43. The summed E-state index contributed by atoms with van der Waals surface area (Å²) in [6, 6.07) is 57.2. The summed E-state index contributed by atoms with van der Waals surface area (Å²) in [6.45, 7) is 0. The first kappa shape index (κ1) is 25.0. The van der Waals surface area contributed by atoms with Gasteiger partial charge < -0.3 is 4.57 Å². The number of benzene rings is 6. The average molecular weight is 550 g/mol. The van der Waals surface area contributed by atoms with Crippen molar-refractivity contribution in [3.8, 4) is 50.7 Å². The maximum atomic E-state index is 5.16. The van der Waals surface area contributed by atoms with E-state index < -0.39 is 0 Å². The minimum atomic E-state index is 0.698. The molecule has 0 bridgehead atoms. The van der Waals surface area contributed by atoms with Crippen LogP contribution >= 0.6 is 0 Å². The lowest BCUT2D eigenvalue weighted by Gasteiger charge is -2.12. The molecule has 8 aromatic rings. The molecule has 0 fully saturated rings. The first-order valence-electron chi connectivity index (χ1n) is 14.5. The van der Waals surface area contributed by atoms with Crippen LogP contribution in [-0.4, -0.2) is 14.5 Å². The third kappa shape index (κ3) is 4.58. The minimum Gasteiger partial charge on any atom is -0.309 e. The van der Waals surface area contributed by atoms with E-state index in [0.717, 1.165) is 39.3 Å². The van der Waals surface area contributed by atoms with Gasteiger partial charge in [0.2, 0.25) is 0 Å². The Morgan fingerprint density at radius 3 is 1.56 bits per heavy atom.